The van der Waals surface area contributed by atoms with E-state index in [-0.39, 0.29) is 6.61 Å². The molecule has 0 aliphatic carbocycles. The molecule has 0 aromatic heterocycles. The van der Waals surface area contributed by atoms with E-state index in [1.54, 1.807) is 7.11 Å². The largest absolute Gasteiger partial charge is 0.396 e. The Morgan fingerprint density at radius 3 is 2.50 bits per heavy atom. The van der Waals surface area contributed by atoms with Crippen molar-refractivity contribution in [2.24, 2.45) is 0 Å². The van der Waals surface area contributed by atoms with Crippen molar-refractivity contribution < 1.29 is 14.6 Å². The molecule has 0 rings (SSSR count). The Hall–Kier alpha value is -0.160. The zero-order chi connectivity index (χ0) is 10.6. The molecule has 4 heteroatoms. The lowest BCUT2D eigenvalue weighted by Crippen LogP contribution is -2.25. The molecule has 0 aliphatic rings. The molecule has 4 nitrogen and oxygen atoms in total. The Balaban J connectivity index is 3.06. The quantitative estimate of drug-likeness (QED) is 0.523. The molecular weight excluding hydrogens is 182 g/mol. The second kappa shape index (κ2) is 10.9. The highest BCUT2D eigenvalue weighted by Gasteiger charge is 1.97. The van der Waals surface area contributed by atoms with Gasteiger partial charge >= 0.3 is 0 Å². The van der Waals surface area contributed by atoms with E-state index in [0.29, 0.717) is 13.2 Å². The summed E-state index contributed by atoms with van der Waals surface area (Å²) in [5, 5.41) is 8.60. The highest BCUT2D eigenvalue weighted by Crippen LogP contribution is 1.91. The minimum Gasteiger partial charge on any atom is -0.396 e. The second-order valence-electron chi connectivity index (χ2n) is 3.34. The molecule has 0 aromatic carbocycles. The lowest BCUT2D eigenvalue weighted by atomic mass is 10.3. The van der Waals surface area contributed by atoms with Gasteiger partial charge in [0.2, 0.25) is 0 Å². The van der Waals surface area contributed by atoms with Gasteiger partial charge in [-0.3, -0.25) is 0 Å². The Morgan fingerprint density at radius 2 is 1.86 bits per heavy atom. The molecule has 1 N–H and O–H groups in total. The van der Waals surface area contributed by atoms with Gasteiger partial charge in [0, 0.05) is 20.3 Å². The van der Waals surface area contributed by atoms with Crippen LogP contribution in [0.25, 0.3) is 0 Å². The van der Waals surface area contributed by atoms with Crippen LogP contribution in [0.15, 0.2) is 0 Å². The van der Waals surface area contributed by atoms with Crippen LogP contribution in [0.3, 0.4) is 0 Å². The third-order valence-electron chi connectivity index (χ3n) is 2.00. The Kier molecular flexibility index (Phi) is 10.8. The number of nitrogens with zero attached hydrogens (tertiary/aromatic N) is 1. The van der Waals surface area contributed by atoms with Crippen molar-refractivity contribution in [3.8, 4) is 0 Å². The number of hydrogen-bond donors (Lipinski definition) is 1. The highest BCUT2D eigenvalue weighted by atomic mass is 16.5. The van der Waals surface area contributed by atoms with Gasteiger partial charge in [-0.25, -0.2) is 0 Å². The van der Waals surface area contributed by atoms with Gasteiger partial charge in [0.15, 0.2) is 0 Å². The SMILES string of the molecule is COCCOCCN(C)CCCCO. The summed E-state index contributed by atoms with van der Waals surface area (Å²) in [5.41, 5.74) is 0. The fourth-order valence-corrected chi connectivity index (χ4v) is 1.07. The third kappa shape index (κ3) is 9.92. The molecule has 0 fully saturated rings. The van der Waals surface area contributed by atoms with E-state index in [1.807, 2.05) is 0 Å². The maximum absolute atomic E-state index is 8.60. The molecule has 86 valence electrons. The van der Waals surface area contributed by atoms with Crippen LogP contribution >= 0.6 is 0 Å². The summed E-state index contributed by atoms with van der Waals surface area (Å²) in [7, 11) is 3.74. The molecule has 0 spiro atoms. The van der Waals surface area contributed by atoms with Gasteiger partial charge in [-0.15, -0.1) is 0 Å². The number of hydrogen-bond acceptors (Lipinski definition) is 4. The fourth-order valence-electron chi connectivity index (χ4n) is 1.07. The van der Waals surface area contributed by atoms with Crippen molar-refractivity contribution in [3.63, 3.8) is 0 Å². The fraction of sp³-hybridized carbons (Fsp3) is 1.00. The minimum atomic E-state index is 0.290. The zero-order valence-corrected chi connectivity index (χ0v) is 9.37. The highest BCUT2D eigenvalue weighted by molar-refractivity contribution is 4.50. The van der Waals surface area contributed by atoms with Crippen LogP contribution in [0.4, 0.5) is 0 Å². The number of ether oxygens (including phenoxy) is 2. The maximum Gasteiger partial charge on any atom is 0.0700 e. The van der Waals surface area contributed by atoms with Crippen LogP contribution in [0.1, 0.15) is 12.8 Å². The monoisotopic (exact) mass is 205 g/mol. The van der Waals surface area contributed by atoms with E-state index in [0.717, 1.165) is 32.5 Å². The van der Waals surface area contributed by atoms with Gasteiger partial charge in [-0.1, -0.05) is 0 Å². The maximum atomic E-state index is 8.60. The molecule has 0 aliphatic heterocycles. The number of likely N-dealkylation sites (N-methyl/N-ethyl adjacent to an activating group) is 1. The van der Waals surface area contributed by atoms with Crippen LogP contribution in [0.5, 0.6) is 0 Å². The summed E-state index contributed by atoms with van der Waals surface area (Å²) in [5.74, 6) is 0. The van der Waals surface area contributed by atoms with E-state index in [2.05, 4.69) is 11.9 Å². The van der Waals surface area contributed by atoms with Crippen LogP contribution in [-0.4, -0.2) is 63.7 Å². The topological polar surface area (TPSA) is 41.9 Å². The molecule has 0 bridgehead atoms. The Morgan fingerprint density at radius 1 is 1.07 bits per heavy atom. The lowest BCUT2D eigenvalue weighted by Gasteiger charge is -2.15. The van der Waals surface area contributed by atoms with Crippen molar-refractivity contribution >= 4 is 0 Å². The van der Waals surface area contributed by atoms with E-state index < -0.39 is 0 Å². The zero-order valence-electron chi connectivity index (χ0n) is 9.37. The van der Waals surface area contributed by atoms with Crippen molar-refractivity contribution in [2.75, 3.05) is 53.7 Å². The van der Waals surface area contributed by atoms with Gasteiger partial charge in [-0.2, -0.15) is 0 Å². The average Bonchev–Trinajstić information content (AvgIpc) is 2.18. The van der Waals surface area contributed by atoms with Crippen molar-refractivity contribution in [1.82, 2.24) is 4.90 Å². The van der Waals surface area contributed by atoms with Gasteiger partial charge in [0.1, 0.15) is 0 Å². The Bertz CT molecular complexity index is 112. The molecular formula is C10H23NO3. The molecule has 0 atom stereocenters. The summed E-state index contributed by atoms with van der Waals surface area (Å²) >= 11 is 0. The molecule has 14 heavy (non-hydrogen) atoms. The van der Waals surface area contributed by atoms with Crippen molar-refractivity contribution in [1.29, 1.82) is 0 Å². The molecule has 0 saturated heterocycles. The smallest absolute Gasteiger partial charge is 0.0700 e. The second-order valence-corrected chi connectivity index (χ2v) is 3.34. The summed E-state index contributed by atoms with van der Waals surface area (Å²) in [6, 6.07) is 0. The summed E-state index contributed by atoms with van der Waals surface area (Å²) < 4.78 is 10.2. The Labute approximate surface area is 86.8 Å². The lowest BCUT2D eigenvalue weighted by molar-refractivity contribution is 0.0603. The van der Waals surface area contributed by atoms with E-state index in [1.165, 1.54) is 0 Å². The first-order valence-corrected chi connectivity index (χ1v) is 5.17. The van der Waals surface area contributed by atoms with Gasteiger partial charge in [0.05, 0.1) is 19.8 Å². The van der Waals surface area contributed by atoms with Crippen LogP contribution in [-0.2, 0) is 9.47 Å². The third-order valence-corrected chi connectivity index (χ3v) is 2.00. The van der Waals surface area contributed by atoms with Crippen LogP contribution in [0.2, 0.25) is 0 Å². The molecule has 0 radical (unpaired) electrons. The minimum absolute atomic E-state index is 0.290. The first kappa shape index (κ1) is 13.8. The van der Waals surface area contributed by atoms with Gasteiger partial charge in [0.25, 0.3) is 0 Å². The van der Waals surface area contributed by atoms with Crippen molar-refractivity contribution in [3.05, 3.63) is 0 Å². The van der Waals surface area contributed by atoms with Gasteiger partial charge in [-0.05, 0) is 26.4 Å². The predicted octanol–water partition coefficient (Wildman–Crippen LogP) is 0.354. The van der Waals surface area contributed by atoms with E-state index in [4.69, 9.17) is 14.6 Å². The average molecular weight is 205 g/mol. The van der Waals surface area contributed by atoms with Crippen LogP contribution < -0.4 is 0 Å². The standard InChI is InChI=1S/C10H23NO3/c1-11(5-3-4-7-12)6-8-14-10-9-13-2/h12H,3-10H2,1-2H3. The summed E-state index contributed by atoms with van der Waals surface area (Å²) in [4.78, 5) is 2.21. The number of unbranched alkanes of at least 4 members (excludes halogenated alkanes) is 1. The summed E-state index contributed by atoms with van der Waals surface area (Å²) in [6.07, 6.45) is 1.93. The number of aliphatic hydroxyl groups excluding tert-OH is 1. The number of aliphatic hydroxyl groups is 1. The first-order valence-electron chi connectivity index (χ1n) is 5.17. The van der Waals surface area contributed by atoms with Crippen LogP contribution in [0, 0.1) is 0 Å². The molecule has 0 amide bonds. The number of rotatable bonds is 10. The molecule has 0 heterocycles. The molecule has 0 unspecified atom stereocenters. The van der Waals surface area contributed by atoms with Gasteiger partial charge < -0.3 is 19.5 Å². The first-order chi connectivity index (χ1) is 6.81. The normalized spacial score (nSPS) is 11.1. The predicted molar refractivity (Wildman–Crippen MR) is 56.5 cm³/mol. The van der Waals surface area contributed by atoms with E-state index >= 15 is 0 Å². The molecule has 0 aromatic rings. The summed E-state index contributed by atoms with van der Waals surface area (Å²) in [6.45, 7) is 4.33. The van der Waals surface area contributed by atoms with E-state index in [9.17, 15) is 0 Å². The molecule has 0 saturated carbocycles. The number of methoxy groups -OCH3 is 1. The van der Waals surface area contributed by atoms with Crippen molar-refractivity contribution in [2.45, 2.75) is 12.8 Å².